The summed E-state index contributed by atoms with van der Waals surface area (Å²) in [5, 5.41) is 11.1. The van der Waals surface area contributed by atoms with E-state index in [1.807, 2.05) is 6.07 Å². The Hall–Kier alpha value is -3.11. The van der Waals surface area contributed by atoms with E-state index in [-0.39, 0.29) is 0 Å². The molecule has 4 heterocycles. The van der Waals surface area contributed by atoms with Gasteiger partial charge in [-0.2, -0.15) is 0 Å². The van der Waals surface area contributed by atoms with Crippen molar-refractivity contribution in [1.82, 2.24) is 14.4 Å². The average Bonchev–Trinajstić information content (AvgIpc) is 3.42. The number of carbonyl (C=O) groups is 1. The fourth-order valence-electron chi connectivity index (χ4n) is 8.11. The van der Waals surface area contributed by atoms with E-state index >= 15 is 0 Å². The highest BCUT2D eigenvalue weighted by Crippen LogP contribution is 2.49. The fourth-order valence-corrected chi connectivity index (χ4v) is 8.11. The van der Waals surface area contributed by atoms with Crippen molar-refractivity contribution in [2.75, 3.05) is 90.3 Å². The number of carboxylic acid groups (broad SMARTS) is 1. The number of hydrogen-bond donors (Lipinski definition) is 1. The van der Waals surface area contributed by atoms with E-state index < -0.39 is 5.97 Å². The van der Waals surface area contributed by atoms with Crippen LogP contribution in [-0.2, 0) is 16.0 Å². The largest absolute Gasteiger partial charge is 0.489 e. The Balaban J connectivity index is 1.29. The molecule has 2 saturated heterocycles. The maximum Gasteiger partial charge on any atom is 0.335 e. The summed E-state index contributed by atoms with van der Waals surface area (Å²) in [5.41, 5.74) is 6.27. The second-order valence-corrected chi connectivity index (χ2v) is 13.4. The van der Waals surface area contributed by atoms with E-state index in [1.165, 1.54) is 48.7 Å². The number of fused-ring (bicyclic) bond motifs is 5. The maximum absolute atomic E-state index is 12.0. The number of carboxylic acids is 1. The first-order valence-electron chi connectivity index (χ1n) is 17.7. The Kier molecular flexibility index (Phi) is 10.1. The molecule has 3 fully saturated rings. The van der Waals surface area contributed by atoms with Gasteiger partial charge >= 0.3 is 5.97 Å². The van der Waals surface area contributed by atoms with E-state index in [4.69, 9.17) is 14.2 Å². The third-order valence-electron chi connectivity index (χ3n) is 10.5. The highest BCUT2D eigenvalue weighted by molar-refractivity contribution is 5.99. The number of aromatic carboxylic acids is 1. The van der Waals surface area contributed by atoms with Crippen LogP contribution in [0.4, 0.5) is 5.69 Å². The molecule has 4 aliphatic rings. The van der Waals surface area contributed by atoms with Crippen LogP contribution in [0.3, 0.4) is 0 Å². The molecule has 0 spiro atoms. The standard InChI is InChI=1S/C37H50N4O5/c42-37(43)29-11-12-30-33(27-29)41-21-26-46-36-31(35(41)34(30)28-7-2-1-3-8-28)9-4-10-32(36)40(17-15-38-13-5-22-44-24-19-38)18-16-39-14-6-23-45-25-20-39/h4,9-12,27-28H,1-3,5-8,13-26H2,(H,42,43). The van der Waals surface area contributed by atoms with Crippen molar-refractivity contribution >= 4 is 22.6 Å². The van der Waals surface area contributed by atoms with Crippen LogP contribution in [0.15, 0.2) is 36.4 Å². The zero-order valence-corrected chi connectivity index (χ0v) is 27.3. The van der Waals surface area contributed by atoms with Crippen molar-refractivity contribution in [3.05, 3.63) is 47.5 Å². The lowest BCUT2D eigenvalue weighted by atomic mass is 9.81. The quantitative estimate of drug-likeness (QED) is 0.323. The maximum atomic E-state index is 12.0. The molecule has 1 N–H and O–H groups in total. The number of ether oxygens (including phenoxy) is 3. The number of nitrogens with zero attached hydrogens (tertiary/aromatic N) is 4. The Morgan fingerprint density at radius 1 is 0.804 bits per heavy atom. The normalized spacial score (nSPS) is 20.3. The van der Waals surface area contributed by atoms with Crippen LogP contribution >= 0.6 is 0 Å². The Morgan fingerprint density at radius 2 is 1.52 bits per heavy atom. The van der Waals surface area contributed by atoms with Crippen molar-refractivity contribution in [3.63, 3.8) is 0 Å². The lowest BCUT2D eigenvalue weighted by molar-refractivity contribution is 0.0697. The lowest BCUT2D eigenvalue weighted by Gasteiger charge is -2.32. The number of hydrogen-bond acceptors (Lipinski definition) is 7. The minimum absolute atomic E-state index is 0.339. The lowest BCUT2D eigenvalue weighted by Crippen LogP contribution is -2.41. The second-order valence-electron chi connectivity index (χ2n) is 13.4. The van der Waals surface area contributed by atoms with Crippen LogP contribution in [0.25, 0.3) is 22.2 Å². The summed E-state index contributed by atoms with van der Waals surface area (Å²) in [6.07, 6.45) is 8.28. The highest BCUT2D eigenvalue weighted by Gasteiger charge is 2.31. The first kappa shape index (κ1) is 31.5. The summed E-state index contributed by atoms with van der Waals surface area (Å²) >= 11 is 0. The average molecular weight is 631 g/mol. The third-order valence-corrected chi connectivity index (χ3v) is 10.5. The fraction of sp³-hybridized carbons (Fsp3) is 0.595. The summed E-state index contributed by atoms with van der Waals surface area (Å²) in [4.78, 5) is 19.7. The number of para-hydroxylation sites is 1. The Labute approximate surface area is 273 Å². The van der Waals surface area contributed by atoms with Crippen molar-refractivity contribution in [2.45, 2.75) is 57.4 Å². The summed E-state index contributed by atoms with van der Waals surface area (Å²) in [6, 6.07) is 12.4. The molecule has 1 saturated carbocycles. The predicted octanol–water partition coefficient (Wildman–Crippen LogP) is 5.70. The van der Waals surface area contributed by atoms with Gasteiger partial charge in [0.25, 0.3) is 0 Å². The topological polar surface area (TPSA) is 79.6 Å². The van der Waals surface area contributed by atoms with Gasteiger partial charge in [0.15, 0.2) is 5.75 Å². The molecule has 3 aromatic rings. The van der Waals surface area contributed by atoms with E-state index in [0.717, 1.165) is 114 Å². The van der Waals surface area contributed by atoms with Crippen molar-refractivity contribution in [2.24, 2.45) is 0 Å². The minimum atomic E-state index is -0.883. The molecular weight excluding hydrogens is 580 g/mol. The van der Waals surface area contributed by atoms with Gasteiger partial charge in [0.1, 0.15) is 6.61 Å². The molecule has 0 unspecified atom stereocenters. The first-order chi connectivity index (χ1) is 22.7. The van der Waals surface area contributed by atoms with Crippen molar-refractivity contribution in [3.8, 4) is 17.0 Å². The molecule has 9 heteroatoms. The van der Waals surface area contributed by atoms with Gasteiger partial charge in [0.05, 0.1) is 36.7 Å². The van der Waals surface area contributed by atoms with Crippen LogP contribution in [0.1, 0.15) is 66.8 Å². The van der Waals surface area contributed by atoms with E-state index in [1.54, 1.807) is 6.07 Å². The molecule has 0 bridgehead atoms. The van der Waals surface area contributed by atoms with Gasteiger partial charge in [0, 0.05) is 82.0 Å². The summed E-state index contributed by atoms with van der Waals surface area (Å²) in [7, 11) is 0. The minimum Gasteiger partial charge on any atom is -0.489 e. The van der Waals surface area contributed by atoms with Gasteiger partial charge < -0.3 is 28.8 Å². The Bertz CT molecular complexity index is 1460. The number of anilines is 1. The molecule has 1 aliphatic carbocycles. The summed E-state index contributed by atoms with van der Waals surface area (Å²) < 4.78 is 20.6. The second kappa shape index (κ2) is 14.8. The predicted molar refractivity (Wildman–Crippen MR) is 182 cm³/mol. The monoisotopic (exact) mass is 630 g/mol. The number of rotatable bonds is 9. The highest BCUT2D eigenvalue weighted by atomic mass is 16.5. The molecule has 3 aliphatic heterocycles. The molecule has 0 amide bonds. The van der Waals surface area contributed by atoms with Gasteiger partial charge in [-0.05, 0) is 61.4 Å². The van der Waals surface area contributed by atoms with E-state index in [9.17, 15) is 9.90 Å². The van der Waals surface area contributed by atoms with Gasteiger partial charge in [0.2, 0.25) is 0 Å². The van der Waals surface area contributed by atoms with Crippen LogP contribution in [0, 0.1) is 0 Å². The molecule has 46 heavy (non-hydrogen) atoms. The van der Waals surface area contributed by atoms with Crippen LogP contribution < -0.4 is 9.64 Å². The molecule has 9 nitrogen and oxygen atoms in total. The SMILES string of the molecule is O=C(O)c1ccc2c(C3CCCCC3)c3n(c2c1)CCOc1c-3cccc1N(CCN1CCCOCC1)CCN1CCCOCC1. The molecule has 1 aromatic heterocycles. The smallest absolute Gasteiger partial charge is 0.335 e. The zero-order chi connectivity index (χ0) is 31.3. The van der Waals surface area contributed by atoms with Crippen molar-refractivity contribution < 1.29 is 24.1 Å². The van der Waals surface area contributed by atoms with Crippen LogP contribution in [0.5, 0.6) is 5.75 Å². The zero-order valence-electron chi connectivity index (χ0n) is 27.3. The molecule has 2 aromatic carbocycles. The molecule has 7 rings (SSSR count). The van der Waals surface area contributed by atoms with Gasteiger partial charge in [-0.3, -0.25) is 9.80 Å². The van der Waals surface area contributed by atoms with Crippen molar-refractivity contribution in [1.29, 1.82) is 0 Å². The summed E-state index contributed by atoms with van der Waals surface area (Å²) in [5.74, 6) is 0.550. The van der Waals surface area contributed by atoms with Crippen LogP contribution in [-0.4, -0.2) is 111 Å². The van der Waals surface area contributed by atoms with Crippen LogP contribution in [0.2, 0.25) is 0 Å². The number of aromatic nitrogens is 1. The molecule has 248 valence electrons. The van der Waals surface area contributed by atoms with Gasteiger partial charge in [-0.15, -0.1) is 0 Å². The van der Waals surface area contributed by atoms with Gasteiger partial charge in [-0.1, -0.05) is 31.4 Å². The Morgan fingerprint density at radius 3 is 2.22 bits per heavy atom. The molecule has 0 atom stereocenters. The molecule has 0 radical (unpaired) electrons. The third kappa shape index (κ3) is 6.79. The first-order valence-corrected chi connectivity index (χ1v) is 17.7. The van der Waals surface area contributed by atoms with Gasteiger partial charge in [-0.25, -0.2) is 4.79 Å². The van der Waals surface area contributed by atoms with E-state index in [2.05, 4.69) is 43.5 Å². The molecular formula is C37H50N4O5. The van der Waals surface area contributed by atoms with E-state index in [0.29, 0.717) is 24.6 Å². The number of benzene rings is 2. The summed E-state index contributed by atoms with van der Waals surface area (Å²) in [6.45, 7) is 12.5.